The maximum atomic E-state index is 13.2. The molecule has 0 spiro atoms. The van der Waals surface area contributed by atoms with Crippen LogP contribution < -0.4 is 10.6 Å². The van der Waals surface area contributed by atoms with Crippen molar-refractivity contribution in [1.29, 1.82) is 0 Å². The average molecular weight is 516 g/mol. The lowest BCUT2D eigenvalue weighted by molar-refractivity contribution is 0.0492. The number of benzene rings is 1. The lowest BCUT2D eigenvalue weighted by Gasteiger charge is -2.31. The molecule has 6 nitrogen and oxygen atoms in total. The molecule has 0 unspecified atom stereocenters. The summed E-state index contributed by atoms with van der Waals surface area (Å²) < 4.78 is 5.42. The molecule has 2 heterocycles. The first-order chi connectivity index (χ1) is 17.7. The topological polar surface area (TPSA) is 80.3 Å². The van der Waals surface area contributed by atoms with E-state index in [9.17, 15) is 9.59 Å². The molecule has 5 rings (SSSR count). The molecule has 0 radical (unpaired) electrons. The van der Waals surface area contributed by atoms with E-state index in [0.29, 0.717) is 5.56 Å². The molecular formula is C30H33N3O3S. The van der Waals surface area contributed by atoms with E-state index in [0.717, 1.165) is 70.4 Å². The van der Waals surface area contributed by atoms with Gasteiger partial charge < -0.3 is 15.4 Å². The minimum atomic E-state index is -0.514. The zero-order chi connectivity index (χ0) is 26.2. The van der Waals surface area contributed by atoms with E-state index >= 15 is 0 Å². The summed E-state index contributed by atoms with van der Waals surface area (Å²) in [5.41, 5.74) is 2.95. The number of carbonyl (C=O) groups is 2. The quantitative estimate of drug-likeness (QED) is 0.279. The molecule has 2 saturated carbocycles. The fourth-order valence-electron chi connectivity index (χ4n) is 4.88. The summed E-state index contributed by atoms with van der Waals surface area (Å²) >= 11 is 1.58. The van der Waals surface area contributed by atoms with Gasteiger partial charge in [0.2, 0.25) is 0 Å². The van der Waals surface area contributed by atoms with Crippen LogP contribution in [0, 0.1) is 18.3 Å². The van der Waals surface area contributed by atoms with Gasteiger partial charge in [0.15, 0.2) is 5.78 Å². The van der Waals surface area contributed by atoms with Crippen molar-refractivity contribution < 1.29 is 14.3 Å². The summed E-state index contributed by atoms with van der Waals surface area (Å²) in [6.45, 7) is 5.60. The van der Waals surface area contributed by atoms with E-state index in [-0.39, 0.29) is 29.9 Å². The Morgan fingerprint density at radius 3 is 2.43 bits per heavy atom. The number of pyridine rings is 1. The van der Waals surface area contributed by atoms with Crippen LogP contribution >= 0.6 is 11.3 Å². The Balaban J connectivity index is 1.39. The van der Waals surface area contributed by atoms with Crippen LogP contribution in [0.1, 0.15) is 74.5 Å². The molecular weight excluding hydrogens is 482 g/mol. The third-order valence-electron chi connectivity index (χ3n) is 6.91. The number of ether oxygens (including phenoxy) is 1. The van der Waals surface area contributed by atoms with Crippen molar-refractivity contribution in [3.8, 4) is 22.8 Å². The zero-order valence-corrected chi connectivity index (χ0v) is 22.4. The van der Waals surface area contributed by atoms with Crippen molar-refractivity contribution >= 4 is 39.8 Å². The van der Waals surface area contributed by atoms with Gasteiger partial charge >= 0.3 is 6.09 Å². The van der Waals surface area contributed by atoms with Crippen molar-refractivity contribution in [2.24, 2.45) is 5.92 Å². The molecule has 0 atom stereocenters. The van der Waals surface area contributed by atoms with Crippen LogP contribution in [0.2, 0.25) is 0 Å². The highest BCUT2D eigenvalue weighted by Crippen LogP contribution is 2.39. The fourth-order valence-corrected chi connectivity index (χ4v) is 5.70. The van der Waals surface area contributed by atoms with Gasteiger partial charge in [0.1, 0.15) is 5.60 Å². The third-order valence-corrected chi connectivity index (χ3v) is 7.98. The van der Waals surface area contributed by atoms with Crippen molar-refractivity contribution in [1.82, 2.24) is 10.3 Å². The number of terminal acetylenes is 1. The Labute approximate surface area is 222 Å². The van der Waals surface area contributed by atoms with Crippen LogP contribution in [-0.4, -0.2) is 34.5 Å². The summed E-state index contributed by atoms with van der Waals surface area (Å²) in [5, 5.41) is 7.69. The van der Waals surface area contributed by atoms with Gasteiger partial charge in [-0.3, -0.25) is 9.78 Å². The maximum absolute atomic E-state index is 13.2. The lowest BCUT2D eigenvalue weighted by atomic mass is 9.90. The van der Waals surface area contributed by atoms with Crippen LogP contribution in [0.4, 0.5) is 10.5 Å². The second kappa shape index (κ2) is 10.2. The molecule has 0 aliphatic heterocycles. The molecule has 0 saturated heterocycles. The molecule has 2 aliphatic carbocycles. The number of fused-ring (bicyclic) bond motifs is 1. The number of ketones is 1. The maximum Gasteiger partial charge on any atom is 0.407 e. The number of anilines is 1. The van der Waals surface area contributed by atoms with Crippen molar-refractivity contribution in [2.75, 3.05) is 5.32 Å². The summed E-state index contributed by atoms with van der Waals surface area (Å²) in [4.78, 5) is 32.1. The van der Waals surface area contributed by atoms with Gasteiger partial charge in [0.25, 0.3) is 0 Å². The highest BCUT2D eigenvalue weighted by molar-refractivity contribution is 7.16. The molecule has 2 fully saturated rings. The number of aromatic nitrogens is 1. The molecule has 0 bridgehead atoms. The van der Waals surface area contributed by atoms with Gasteiger partial charge in [-0.25, -0.2) is 4.79 Å². The Morgan fingerprint density at radius 2 is 1.78 bits per heavy atom. The minimum Gasteiger partial charge on any atom is -0.444 e. The Hall–Kier alpha value is -3.37. The largest absolute Gasteiger partial charge is 0.444 e. The third kappa shape index (κ3) is 5.97. The molecule has 2 aliphatic rings. The second-order valence-corrected chi connectivity index (χ2v) is 12.1. The monoisotopic (exact) mass is 515 g/mol. The summed E-state index contributed by atoms with van der Waals surface area (Å²) in [6, 6.07) is 10.5. The van der Waals surface area contributed by atoms with Crippen molar-refractivity contribution in [3.63, 3.8) is 0 Å². The molecule has 192 valence electrons. The number of amides is 1. The van der Waals surface area contributed by atoms with Gasteiger partial charge in [0, 0.05) is 34.5 Å². The molecule has 2 N–H and O–H groups in total. The summed E-state index contributed by atoms with van der Waals surface area (Å²) in [6.07, 6.45) is 12.3. The van der Waals surface area contributed by atoms with Gasteiger partial charge in [-0.2, -0.15) is 0 Å². The Morgan fingerprint density at radius 1 is 1.05 bits per heavy atom. The van der Waals surface area contributed by atoms with E-state index in [1.807, 2.05) is 39.0 Å². The van der Waals surface area contributed by atoms with Crippen LogP contribution in [0.25, 0.3) is 21.3 Å². The number of nitrogens with zero attached hydrogens (tertiary/aromatic N) is 1. The molecule has 7 heteroatoms. The number of thiophene rings is 1. The molecule has 2 aromatic heterocycles. The van der Waals surface area contributed by atoms with Gasteiger partial charge in [0.05, 0.1) is 21.6 Å². The Kier molecular flexibility index (Phi) is 6.96. The summed E-state index contributed by atoms with van der Waals surface area (Å²) in [5.74, 6) is 2.98. The molecule has 3 aromatic rings. The van der Waals surface area contributed by atoms with Crippen LogP contribution in [0.3, 0.4) is 0 Å². The molecule has 37 heavy (non-hydrogen) atoms. The highest BCUT2D eigenvalue weighted by Gasteiger charge is 2.33. The predicted molar refractivity (Wildman–Crippen MR) is 149 cm³/mol. The van der Waals surface area contributed by atoms with Gasteiger partial charge in [-0.05, 0) is 89.1 Å². The second-order valence-electron chi connectivity index (χ2n) is 11.1. The predicted octanol–water partition coefficient (Wildman–Crippen LogP) is 6.79. The number of hydrogen-bond donors (Lipinski definition) is 2. The minimum absolute atomic E-state index is 0.0884. The molecule has 1 aromatic carbocycles. The van der Waals surface area contributed by atoms with E-state index in [1.165, 1.54) is 0 Å². The van der Waals surface area contributed by atoms with E-state index in [2.05, 4.69) is 33.7 Å². The van der Waals surface area contributed by atoms with Crippen molar-refractivity contribution in [3.05, 3.63) is 47.0 Å². The fraction of sp³-hybridized carbons (Fsp3) is 0.433. The number of nitrogens with one attached hydrogen (secondary N) is 2. The van der Waals surface area contributed by atoms with Crippen LogP contribution in [0.15, 0.2) is 36.5 Å². The van der Waals surface area contributed by atoms with Crippen LogP contribution in [0.5, 0.6) is 0 Å². The van der Waals surface area contributed by atoms with Crippen molar-refractivity contribution in [2.45, 2.75) is 77.0 Å². The number of Topliss-reactive ketones (excluding diaryl/α,β-unsaturated/α-hetero) is 1. The van der Waals surface area contributed by atoms with E-state index in [4.69, 9.17) is 11.2 Å². The number of hydrogen-bond acceptors (Lipinski definition) is 6. The standard InChI is InChI=1S/C30H33N3O3S/c1-5-22-13-15-26(37-22)19-8-14-25-23(16-19)27(24(17-31-25)28(34)18-6-7-18)32-20-9-11-21(12-10-20)33-29(35)36-30(2,3)4/h1,8,13-18,20-21H,6-7,9-12H2,2-4H3,(H,31,32)(H,33,35). The number of alkyl carbamates (subject to hydrolysis) is 1. The van der Waals surface area contributed by atoms with Gasteiger partial charge in [-0.1, -0.05) is 12.0 Å². The first kappa shape index (κ1) is 25.3. The number of carbonyl (C=O) groups excluding carboxylic acids is 2. The lowest BCUT2D eigenvalue weighted by Crippen LogP contribution is -2.42. The number of rotatable bonds is 6. The van der Waals surface area contributed by atoms with Gasteiger partial charge in [-0.15, -0.1) is 17.8 Å². The van der Waals surface area contributed by atoms with E-state index < -0.39 is 5.60 Å². The zero-order valence-electron chi connectivity index (χ0n) is 21.6. The highest BCUT2D eigenvalue weighted by atomic mass is 32.1. The average Bonchev–Trinajstić information content (AvgIpc) is 3.60. The smallest absolute Gasteiger partial charge is 0.407 e. The SMILES string of the molecule is C#Cc1ccc(-c2ccc3ncc(C(=O)C4CC4)c(NC4CCC(NC(=O)OC(C)(C)C)CC4)c3c2)s1. The first-order valence-corrected chi connectivity index (χ1v) is 13.8. The normalized spacial score (nSPS) is 19.7. The van der Waals surface area contributed by atoms with Crippen LogP contribution in [-0.2, 0) is 4.74 Å². The first-order valence-electron chi connectivity index (χ1n) is 13.0. The Bertz CT molecular complexity index is 1370. The summed E-state index contributed by atoms with van der Waals surface area (Å²) in [7, 11) is 0. The van der Waals surface area contributed by atoms with E-state index in [1.54, 1.807) is 17.5 Å². The molecule has 1 amide bonds.